The maximum absolute atomic E-state index is 12.6. The summed E-state index contributed by atoms with van der Waals surface area (Å²) in [5.74, 6) is 0.153. The lowest BCUT2D eigenvalue weighted by Crippen LogP contribution is -2.35. The molecule has 2 aromatic rings. The molecule has 1 fully saturated rings. The molecule has 3 rings (SSSR count). The van der Waals surface area contributed by atoms with E-state index in [1.165, 1.54) is 0 Å². The summed E-state index contributed by atoms with van der Waals surface area (Å²) in [6.07, 6.45) is 2.09. The van der Waals surface area contributed by atoms with Gasteiger partial charge >= 0.3 is 6.03 Å². The van der Waals surface area contributed by atoms with Gasteiger partial charge < -0.3 is 16.0 Å². The summed E-state index contributed by atoms with van der Waals surface area (Å²) in [5.41, 5.74) is 3.18. The molecule has 1 saturated carbocycles. The van der Waals surface area contributed by atoms with Crippen molar-refractivity contribution in [1.29, 1.82) is 0 Å². The van der Waals surface area contributed by atoms with Crippen molar-refractivity contribution < 1.29 is 9.59 Å². The van der Waals surface area contributed by atoms with Crippen LogP contribution in [0.15, 0.2) is 48.5 Å². The number of urea groups is 1. The highest BCUT2D eigenvalue weighted by Crippen LogP contribution is 2.23. The van der Waals surface area contributed by atoms with Gasteiger partial charge in [-0.3, -0.25) is 4.79 Å². The SMILES string of the molecule is Cc1ccc(C(=O)NC2CC2)cc1NC(=O)NC(c1ccccc1)C(C)C. The predicted octanol–water partition coefficient (Wildman–Crippen LogP) is 4.41. The molecule has 0 spiro atoms. The van der Waals surface area contributed by atoms with Crippen molar-refractivity contribution >= 4 is 17.6 Å². The molecular formula is C22H27N3O2. The molecule has 0 aromatic heterocycles. The maximum Gasteiger partial charge on any atom is 0.319 e. The molecule has 1 unspecified atom stereocenters. The second-order valence-corrected chi connectivity index (χ2v) is 7.51. The van der Waals surface area contributed by atoms with Crippen molar-refractivity contribution in [2.45, 2.75) is 45.7 Å². The second kappa shape index (κ2) is 8.25. The van der Waals surface area contributed by atoms with Crippen molar-refractivity contribution in [2.75, 3.05) is 5.32 Å². The summed E-state index contributed by atoms with van der Waals surface area (Å²) in [5, 5.41) is 8.92. The second-order valence-electron chi connectivity index (χ2n) is 7.51. The first-order valence-electron chi connectivity index (χ1n) is 9.48. The van der Waals surface area contributed by atoms with Crippen LogP contribution in [-0.2, 0) is 0 Å². The zero-order valence-corrected chi connectivity index (χ0v) is 16.1. The van der Waals surface area contributed by atoms with Crippen molar-refractivity contribution in [3.63, 3.8) is 0 Å². The molecular weight excluding hydrogens is 338 g/mol. The quantitative estimate of drug-likeness (QED) is 0.710. The molecule has 1 atom stereocenters. The van der Waals surface area contributed by atoms with Crippen LogP contribution in [0.4, 0.5) is 10.5 Å². The average Bonchev–Trinajstić information content (AvgIpc) is 3.46. The molecule has 5 nitrogen and oxygen atoms in total. The van der Waals surface area contributed by atoms with Crippen LogP contribution in [0.25, 0.3) is 0 Å². The Labute approximate surface area is 160 Å². The molecule has 1 aliphatic carbocycles. The minimum Gasteiger partial charge on any atom is -0.349 e. The van der Waals surface area contributed by atoms with E-state index >= 15 is 0 Å². The summed E-state index contributed by atoms with van der Waals surface area (Å²) in [4.78, 5) is 24.9. The minimum atomic E-state index is -0.277. The van der Waals surface area contributed by atoms with E-state index in [1.807, 2.05) is 43.3 Å². The molecule has 0 aliphatic heterocycles. The minimum absolute atomic E-state index is 0.0900. The fraction of sp³-hybridized carbons (Fsp3) is 0.364. The number of hydrogen-bond donors (Lipinski definition) is 3. The Balaban J connectivity index is 1.69. The molecule has 0 saturated heterocycles. The highest BCUT2D eigenvalue weighted by Gasteiger charge is 2.24. The van der Waals surface area contributed by atoms with Crippen molar-refractivity contribution in [3.05, 3.63) is 65.2 Å². The van der Waals surface area contributed by atoms with Gasteiger partial charge in [-0.25, -0.2) is 4.79 Å². The van der Waals surface area contributed by atoms with Gasteiger partial charge in [0, 0.05) is 17.3 Å². The largest absolute Gasteiger partial charge is 0.349 e. The summed E-state index contributed by atoms with van der Waals surface area (Å²) in [6, 6.07) is 15.2. The van der Waals surface area contributed by atoms with Crippen LogP contribution in [0.5, 0.6) is 0 Å². The molecule has 142 valence electrons. The predicted molar refractivity (Wildman–Crippen MR) is 108 cm³/mol. The average molecular weight is 365 g/mol. The summed E-state index contributed by atoms with van der Waals surface area (Å²) in [6.45, 7) is 6.06. The van der Waals surface area contributed by atoms with Gasteiger partial charge in [-0.1, -0.05) is 50.2 Å². The Bertz CT molecular complexity index is 814. The van der Waals surface area contributed by atoms with Crippen molar-refractivity contribution in [3.8, 4) is 0 Å². The van der Waals surface area contributed by atoms with Gasteiger partial charge in [0.05, 0.1) is 6.04 Å². The topological polar surface area (TPSA) is 70.2 Å². The number of anilines is 1. The van der Waals surface area contributed by atoms with Crippen LogP contribution >= 0.6 is 0 Å². The van der Waals surface area contributed by atoms with Gasteiger partial charge in [-0.15, -0.1) is 0 Å². The number of carbonyl (C=O) groups excluding carboxylic acids is 2. The number of nitrogens with one attached hydrogen (secondary N) is 3. The van der Waals surface area contributed by atoms with Crippen LogP contribution in [0.3, 0.4) is 0 Å². The third kappa shape index (κ3) is 5.09. The molecule has 2 aromatic carbocycles. The van der Waals surface area contributed by atoms with Gasteiger partial charge in [0.15, 0.2) is 0 Å². The highest BCUT2D eigenvalue weighted by atomic mass is 16.2. The van der Waals surface area contributed by atoms with Crippen LogP contribution in [-0.4, -0.2) is 18.0 Å². The van der Waals surface area contributed by atoms with E-state index in [1.54, 1.807) is 12.1 Å². The standard InChI is InChI=1S/C22H27N3O2/c1-14(2)20(16-7-5-4-6-8-16)25-22(27)24-19-13-17(10-9-15(19)3)21(26)23-18-11-12-18/h4-10,13-14,18,20H,11-12H2,1-3H3,(H,23,26)(H2,24,25,27). The molecule has 1 aliphatic rings. The third-order valence-corrected chi connectivity index (χ3v) is 4.77. The molecule has 0 radical (unpaired) electrons. The van der Waals surface area contributed by atoms with E-state index in [9.17, 15) is 9.59 Å². The molecule has 27 heavy (non-hydrogen) atoms. The third-order valence-electron chi connectivity index (χ3n) is 4.77. The number of carbonyl (C=O) groups is 2. The summed E-state index contributed by atoms with van der Waals surface area (Å²) in [7, 11) is 0. The van der Waals surface area contributed by atoms with E-state index in [-0.39, 0.29) is 23.9 Å². The molecule has 0 bridgehead atoms. The number of hydrogen-bond acceptors (Lipinski definition) is 2. The van der Waals surface area contributed by atoms with E-state index in [0.29, 0.717) is 17.3 Å². The van der Waals surface area contributed by atoms with E-state index in [4.69, 9.17) is 0 Å². The Morgan fingerprint density at radius 3 is 2.37 bits per heavy atom. The van der Waals surface area contributed by atoms with Gasteiger partial charge in [-0.2, -0.15) is 0 Å². The van der Waals surface area contributed by atoms with E-state index in [0.717, 1.165) is 24.0 Å². The zero-order chi connectivity index (χ0) is 19.4. The normalized spacial score (nSPS) is 14.5. The monoisotopic (exact) mass is 365 g/mol. The lowest BCUT2D eigenvalue weighted by Gasteiger charge is -2.23. The van der Waals surface area contributed by atoms with Crippen molar-refractivity contribution in [2.24, 2.45) is 5.92 Å². The Hall–Kier alpha value is -2.82. The van der Waals surface area contributed by atoms with Gasteiger partial charge in [0.2, 0.25) is 0 Å². The lowest BCUT2D eigenvalue weighted by atomic mass is 9.96. The maximum atomic E-state index is 12.6. The number of rotatable bonds is 6. The van der Waals surface area contributed by atoms with Crippen LogP contribution in [0, 0.1) is 12.8 Å². The van der Waals surface area contributed by atoms with E-state index in [2.05, 4.69) is 29.8 Å². The number of amides is 3. The van der Waals surface area contributed by atoms with Crippen LogP contribution in [0.1, 0.15) is 54.2 Å². The van der Waals surface area contributed by atoms with Gasteiger partial charge in [0.25, 0.3) is 5.91 Å². The van der Waals surface area contributed by atoms with Crippen LogP contribution in [0.2, 0.25) is 0 Å². The molecule has 3 N–H and O–H groups in total. The van der Waals surface area contributed by atoms with Crippen molar-refractivity contribution in [1.82, 2.24) is 10.6 Å². The molecule has 3 amide bonds. The van der Waals surface area contributed by atoms with Gasteiger partial charge in [0.1, 0.15) is 0 Å². The number of aryl methyl sites for hydroxylation is 1. The molecule has 5 heteroatoms. The fourth-order valence-corrected chi connectivity index (χ4v) is 2.99. The Morgan fingerprint density at radius 1 is 1.04 bits per heavy atom. The Kier molecular flexibility index (Phi) is 5.79. The summed E-state index contributed by atoms with van der Waals surface area (Å²) >= 11 is 0. The van der Waals surface area contributed by atoms with Crippen LogP contribution < -0.4 is 16.0 Å². The summed E-state index contributed by atoms with van der Waals surface area (Å²) < 4.78 is 0. The fourth-order valence-electron chi connectivity index (χ4n) is 2.99. The highest BCUT2D eigenvalue weighted by molar-refractivity contribution is 5.97. The zero-order valence-electron chi connectivity index (χ0n) is 16.1. The van der Waals surface area contributed by atoms with E-state index < -0.39 is 0 Å². The first-order chi connectivity index (χ1) is 12.9. The first kappa shape index (κ1) is 19.0. The first-order valence-corrected chi connectivity index (χ1v) is 9.48. The molecule has 0 heterocycles. The van der Waals surface area contributed by atoms with Gasteiger partial charge in [-0.05, 0) is 48.9 Å². The lowest BCUT2D eigenvalue weighted by molar-refractivity contribution is 0.0951. The Morgan fingerprint density at radius 2 is 1.74 bits per heavy atom. The number of benzene rings is 2. The smallest absolute Gasteiger partial charge is 0.319 e.